The number of thioether (sulfide) groups is 3. The molecule has 0 aliphatic rings. The van der Waals surface area contributed by atoms with E-state index in [2.05, 4.69) is 24.3 Å². The van der Waals surface area contributed by atoms with E-state index in [9.17, 15) is 9.59 Å². The molecular weight excluding hydrogens is 416 g/mol. The van der Waals surface area contributed by atoms with E-state index in [4.69, 9.17) is 0 Å². The first kappa shape index (κ1) is 24.1. The zero-order chi connectivity index (χ0) is 20.9. The summed E-state index contributed by atoms with van der Waals surface area (Å²) in [6, 6.07) is 20.7. The second kappa shape index (κ2) is 13.9. The first-order valence-corrected chi connectivity index (χ1v) is 13.2. The number of hydrogen-bond acceptors (Lipinski definition) is 5. The van der Waals surface area contributed by atoms with Crippen LogP contribution in [0.1, 0.15) is 48.3 Å². The van der Waals surface area contributed by atoms with Crippen molar-refractivity contribution in [3.8, 4) is 0 Å². The highest BCUT2D eigenvalue weighted by Crippen LogP contribution is 2.34. The highest BCUT2D eigenvalue weighted by Gasteiger charge is 2.15. The lowest BCUT2D eigenvalue weighted by molar-refractivity contribution is -0.117. The summed E-state index contributed by atoms with van der Waals surface area (Å²) in [5.74, 6) is 4.72. The summed E-state index contributed by atoms with van der Waals surface area (Å²) in [5.41, 5.74) is 2.48. The molecule has 0 saturated heterocycles. The second-order valence-electron chi connectivity index (χ2n) is 6.96. The number of benzene rings is 2. The molecule has 0 bridgehead atoms. The highest BCUT2D eigenvalue weighted by atomic mass is 32.2. The normalized spacial score (nSPS) is 13.0. The van der Waals surface area contributed by atoms with Gasteiger partial charge in [0.15, 0.2) is 0 Å². The molecule has 0 radical (unpaired) electrons. The van der Waals surface area contributed by atoms with Crippen LogP contribution in [0.4, 0.5) is 0 Å². The standard InChI is InChI=1S/C24H30O2S3/c1-19(25)17-23(21-9-5-3-6-10-21)28-15-13-27-14-16-29-24(18-20(2)26)22-11-7-4-8-12-22/h3-12,23-24H,13-18H2,1-2H3/t23-,24-/m0/s1. The van der Waals surface area contributed by atoms with Crippen LogP contribution in [0, 0.1) is 0 Å². The summed E-state index contributed by atoms with van der Waals surface area (Å²) in [5, 5.41) is 0.503. The lowest BCUT2D eigenvalue weighted by Crippen LogP contribution is -2.04. The van der Waals surface area contributed by atoms with Gasteiger partial charge >= 0.3 is 0 Å². The van der Waals surface area contributed by atoms with E-state index in [-0.39, 0.29) is 22.1 Å². The van der Waals surface area contributed by atoms with Crippen molar-refractivity contribution in [3.05, 3.63) is 71.8 Å². The van der Waals surface area contributed by atoms with Crippen LogP contribution in [-0.2, 0) is 9.59 Å². The Bertz CT molecular complexity index is 671. The largest absolute Gasteiger partial charge is 0.300 e. The molecule has 2 rings (SSSR count). The summed E-state index contributed by atoms with van der Waals surface area (Å²) in [6.45, 7) is 3.35. The minimum Gasteiger partial charge on any atom is -0.300 e. The lowest BCUT2D eigenvalue weighted by Gasteiger charge is -2.16. The number of rotatable bonds is 14. The molecule has 156 valence electrons. The molecule has 0 amide bonds. The van der Waals surface area contributed by atoms with Crippen molar-refractivity contribution in [2.75, 3.05) is 23.0 Å². The first-order chi connectivity index (χ1) is 14.1. The van der Waals surface area contributed by atoms with Crippen molar-refractivity contribution < 1.29 is 9.59 Å². The van der Waals surface area contributed by atoms with Gasteiger partial charge in [0.25, 0.3) is 0 Å². The number of carbonyl (C=O) groups excluding carboxylic acids is 2. The van der Waals surface area contributed by atoms with Gasteiger partial charge in [0.2, 0.25) is 0 Å². The van der Waals surface area contributed by atoms with Gasteiger partial charge in [-0.25, -0.2) is 0 Å². The molecule has 0 aliphatic heterocycles. The quantitative estimate of drug-likeness (QED) is 0.304. The molecule has 0 unspecified atom stereocenters. The Labute approximate surface area is 188 Å². The molecule has 2 aromatic carbocycles. The van der Waals surface area contributed by atoms with Gasteiger partial charge in [-0.05, 0) is 25.0 Å². The van der Waals surface area contributed by atoms with Gasteiger partial charge in [-0.15, -0.1) is 0 Å². The molecule has 0 N–H and O–H groups in total. The molecule has 2 aromatic rings. The van der Waals surface area contributed by atoms with Crippen LogP contribution in [0.2, 0.25) is 0 Å². The first-order valence-electron chi connectivity index (χ1n) is 9.96. The van der Waals surface area contributed by atoms with E-state index in [0.717, 1.165) is 23.0 Å². The third kappa shape index (κ3) is 9.92. The van der Waals surface area contributed by atoms with E-state index in [1.807, 2.05) is 71.7 Å². The summed E-state index contributed by atoms with van der Waals surface area (Å²) in [7, 11) is 0. The molecule has 2 atom stereocenters. The van der Waals surface area contributed by atoms with Crippen LogP contribution in [0.5, 0.6) is 0 Å². The average Bonchev–Trinajstić information content (AvgIpc) is 2.72. The van der Waals surface area contributed by atoms with Crippen molar-refractivity contribution in [1.82, 2.24) is 0 Å². The van der Waals surface area contributed by atoms with Gasteiger partial charge in [0.05, 0.1) is 0 Å². The van der Waals surface area contributed by atoms with Gasteiger partial charge in [-0.1, -0.05) is 60.7 Å². The van der Waals surface area contributed by atoms with Gasteiger partial charge in [0.1, 0.15) is 11.6 Å². The Hall–Kier alpha value is -1.17. The van der Waals surface area contributed by atoms with E-state index in [0.29, 0.717) is 12.8 Å². The third-order valence-electron chi connectivity index (χ3n) is 4.38. The SMILES string of the molecule is CC(=O)C[C@H](SCCSCCS[C@@H](CC(C)=O)c1ccccc1)c1ccccc1. The van der Waals surface area contributed by atoms with Crippen molar-refractivity contribution in [2.45, 2.75) is 37.2 Å². The van der Waals surface area contributed by atoms with Crippen LogP contribution >= 0.6 is 35.3 Å². The highest BCUT2D eigenvalue weighted by molar-refractivity contribution is 8.04. The smallest absolute Gasteiger partial charge is 0.131 e. The number of hydrogen-bond donors (Lipinski definition) is 0. The predicted molar refractivity (Wildman–Crippen MR) is 131 cm³/mol. The van der Waals surface area contributed by atoms with Gasteiger partial charge in [-0.2, -0.15) is 35.3 Å². The molecule has 0 heterocycles. The maximum atomic E-state index is 11.6. The Morgan fingerprint density at radius 2 is 1.03 bits per heavy atom. The molecule has 29 heavy (non-hydrogen) atoms. The minimum atomic E-state index is 0.243. The van der Waals surface area contributed by atoms with Gasteiger partial charge in [-0.3, -0.25) is 9.59 Å². The zero-order valence-corrected chi connectivity index (χ0v) is 19.7. The van der Waals surface area contributed by atoms with Crippen molar-refractivity contribution in [3.63, 3.8) is 0 Å². The Balaban J connectivity index is 1.69. The predicted octanol–water partition coefficient (Wildman–Crippen LogP) is 6.63. The Morgan fingerprint density at radius 1 is 0.655 bits per heavy atom. The van der Waals surface area contributed by atoms with E-state index in [1.165, 1.54) is 11.1 Å². The molecule has 0 aliphatic carbocycles. The van der Waals surface area contributed by atoms with Crippen molar-refractivity contribution in [1.29, 1.82) is 0 Å². The van der Waals surface area contributed by atoms with Crippen LogP contribution in [0.3, 0.4) is 0 Å². The summed E-state index contributed by atoms with van der Waals surface area (Å²) in [6.07, 6.45) is 1.19. The fourth-order valence-electron chi connectivity index (χ4n) is 3.00. The van der Waals surface area contributed by atoms with E-state index >= 15 is 0 Å². The fraction of sp³-hybridized carbons (Fsp3) is 0.417. The summed E-state index contributed by atoms with van der Waals surface area (Å²) < 4.78 is 0. The maximum absolute atomic E-state index is 11.6. The van der Waals surface area contributed by atoms with Crippen molar-refractivity contribution >= 4 is 46.9 Å². The monoisotopic (exact) mass is 446 g/mol. The molecule has 0 saturated carbocycles. The van der Waals surface area contributed by atoms with E-state index < -0.39 is 0 Å². The van der Waals surface area contributed by atoms with Crippen LogP contribution < -0.4 is 0 Å². The molecule has 5 heteroatoms. The maximum Gasteiger partial charge on any atom is 0.131 e. The summed E-state index contributed by atoms with van der Waals surface area (Å²) in [4.78, 5) is 23.2. The number of ketones is 2. The Morgan fingerprint density at radius 3 is 1.38 bits per heavy atom. The molecular formula is C24H30O2S3. The molecule has 0 spiro atoms. The third-order valence-corrected chi connectivity index (χ3v) is 8.45. The van der Waals surface area contributed by atoms with Crippen LogP contribution in [0.15, 0.2) is 60.7 Å². The zero-order valence-electron chi connectivity index (χ0n) is 17.2. The lowest BCUT2D eigenvalue weighted by atomic mass is 10.1. The van der Waals surface area contributed by atoms with Crippen LogP contribution in [-0.4, -0.2) is 34.6 Å². The number of carbonyl (C=O) groups is 2. The van der Waals surface area contributed by atoms with Gasteiger partial charge in [0, 0.05) is 46.4 Å². The van der Waals surface area contributed by atoms with Crippen LogP contribution in [0.25, 0.3) is 0 Å². The fourth-order valence-corrected chi connectivity index (χ4v) is 6.89. The van der Waals surface area contributed by atoms with Gasteiger partial charge < -0.3 is 0 Å². The van der Waals surface area contributed by atoms with Crippen molar-refractivity contribution in [2.24, 2.45) is 0 Å². The average molecular weight is 447 g/mol. The minimum absolute atomic E-state index is 0.243. The molecule has 0 fully saturated rings. The second-order valence-corrected chi connectivity index (χ2v) is 10.8. The Kier molecular flexibility index (Phi) is 11.6. The molecule has 0 aromatic heterocycles. The number of Topliss-reactive ketones (excluding diaryl/α,β-unsaturated/α-hetero) is 2. The summed E-state index contributed by atoms with van der Waals surface area (Å²) >= 11 is 5.71. The molecule has 2 nitrogen and oxygen atoms in total. The van der Waals surface area contributed by atoms with E-state index in [1.54, 1.807) is 13.8 Å². The topological polar surface area (TPSA) is 34.1 Å².